The molecule has 122 valence electrons. The van der Waals surface area contributed by atoms with Crippen LogP contribution in [0.1, 0.15) is 78.1 Å². The third-order valence-electron chi connectivity index (χ3n) is 5.81. The third kappa shape index (κ3) is 4.00. The summed E-state index contributed by atoms with van der Waals surface area (Å²) in [7, 11) is 0. The lowest BCUT2D eigenvalue weighted by atomic mass is 9.72. The van der Waals surface area contributed by atoms with E-state index in [1.54, 1.807) is 0 Å². The van der Waals surface area contributed by atoms with Gasteiger partial charge in [-0.3, -0.25) is 4.79 Å². The van der Waals surface area contributed by atoms with E-state index in [-0.39, 0.29) is 11.3 Å². The van der Waals surface area contributed by atoms with Gasteiger partial charge in [0.05, 0.1) is 5.41 Å². The van der Waals surface area contributed by atoms with E-state index in [9.17, 15) is 4.79 Å². The van der Waals surface area contributed by atoms with Gasteiger partial charge in [-0.2, -0.15) is 0 Å². The maximum absolute atomic E-state index is 12.7. The molecule has 0 unspecified atom stereocenters. The van der Waals surface area contributed by atoms with Gasteiger partial charge in [-0.15, -0.1) is 0 Å². The van der Waals surface area contributed by atoms with Gasteiger partial charge in [0.2, 0.25) is 5.91 Å². The van der Waals surface area contributed by atoms with Crippen LogP contribution in [0.15, 0.2) is 0 Å². The van der Waals surface area contributed by atoms with Crippen LogP contribution < -0.4 is 11.1 Å². The topological polar surface area (TPSA) is 55.1 Å². The first-order chi connectivity index (χ1) is 10.0. The maximum Gasteiger partial charge on any atom is 0.227 e. The summed E-state index contributed by atoms with van der Waals surface area (Å²) in [5.74, 6) is 0.942. The lowest BCUT2D eigenvalue weighted by Gasteiger charge is -2.37. The average Bonchev–Trinajstić information content (AvgIpc) is 2.93. The fraction of sp³-hybridized carbons (Fsp3) is 0.944. The Hall–Kier alpha value is -0.570. The van der Waals surface area contributed by atoms with Crippen molar-refractivity contribution in [2.45, 2.75) is 78.1 Å². The van der Waals surface area contributed by atoms with Crippen molar-refractivity contribution < 1.29 is 4.79 Å². The van der Waals surface area contributed by atoms with Crippen molar-refractivity contribution in [1.82, 2.24) is 5.32 Å². The number of carbonyl (C=O) groups excluding carboxylic acids is 1. The van der Waals surface area contributed by atoms with Crippen LogP contribution in [-0.4, -0.2) is 19.0 Å². The number of hydrogen-bond donors (Lipinski definition) is 2. The van der Waals surface area contributed by atoms with Gasteiger partial charge in [0.25, 0.3) is 0 Å². The fourth-order valence-electron chi connectivity index (χ4n) is 4.65. The van der Waals surface area contributed by atoms with Crippen LogP contribution in [-0.2, 0) is 4.79 Å². The minimum atomic E-state index is -0.268. The van der Waals surface area contributed by atoms with Crippen LogP contribution in [0.4, 0.5) is 0 Å². The van der Waals surface area contributed by atoms with Crippen molar-refractivity contribution in [2.75, 3.05) is 13.1 Å². The van der Waals surface area contributed by atoms with E-state index in [0.717, 1.165) is 32.2 Å². The van der Waals surface area contributed by atoms with Crippen LogP contribution in [0.2, 0.25) is 0 Å². The standard InChI is InChI=1S/C18H34N2O/c1-15(2)12-17(8-6-7-9-17)14-20-16(21)18(13-19)10-4-3-5-11-18/h15H,3-14,19H2,1-2H3,(H,20,21). The summed E-state index contributed by atoms with van der Waals surface area (Å²) in [5.41, 5.74) is 6.06. The van der Waals surface area contributed by atoms with Crippen LogP contribution in [0.25, 0.3) is 0 Å². The summed E-state index contributed by atoms with van der Waals surface area (Å²) >= 11 is 0. The van der Waals surface area contributed by atoms with Gasteiger partial charge in [-0.25, -0.2) is 0 Å². The molecular formula is C18H34N2O. The molecule has 0 radical (unpaired) electrons. The summed E-state index contributed by atoms with van der Waals surface area (Å²) in [5, 5.41) is 3.31. The summed E-state index contributed by atoms with van der Waals surface area (Å²) in [6, 6.07) is 0. The van der Waals surface area contributed by atoms with Gasteiger partial charge >= 0.3 is 0 Å². The first-order valence-electron chi connectivity index (χ1n) is 9.00. The van der Waals surface area contributed by atoms with Crippen molar-refractivity contribution in [3.8, 4) is 0 Å². The number of rotatable bonds is 6. The van der Waals surface area contributed by atoms with E-state index in [0.29, 0.717) is 17.9 Å². The number of hydrogen-bond acceptors (Lipinski definition) is 2. The van der Waals surface area contributed by atoms with Crippen molar-refractivity contribution >= 4 is 5.91 Å². The predicted molar refractivity (Wildman–Crippen MR) is 87.9 cm³/mol. The average molecular weight is 294 g/mol. The van der Waals surface area contributed by atoms with Gasteiger partial charge in [0.1, 0.15) is 0 Å². The predicted octanol–water partition coefficient (Wildman–Crippen LogP) is 3.62. The highest BCUT2D eigenvalue weighted by Gasteiger charge is 2.40. The van der Waals surface area contributed by atoms with E-state index >= 15 is 0 Å². The van der Waals surface area contributed by atoms with Crippen LogP contribution >= 0.6 is 0 Å². The smallest absolute Gasteiger partial charge is 0.227 e. The Bertz CT molecular complexity index is 339. The number of nitrogens with one attached hydrogen (secondary N) is 1. The molecule has 2 saturated carbocycles. The minimum Gasteiger partial charge on any atom is -0.355 e. The highest BCUT2D eigenvalue weighted by Crippen LogP contribution is 2.43. The Morgan fingerprint density at radius 3 is 2.14 bits per heavy atom. The number of nitrogens with two attached hydrogens (primary N) is 1. The Kier molecular flexibility index (Phi) is 5.70. The molecule has 0 bridgehead atoms. The van der Waals surface area contributed by atoms with Crippen molar-refractivity contribution in [3.05, 3.63) is 0 Å². The van der Waals surface area contributed by atoms with Gasteiger partial charge in [-0.1, -0.05) is 46.0 Å². The van der Waals surface area contributed by atoms with E-state index < -0.39 is 0 Å². The molecule has 3 nitrogen and oxygen atoms in total. The molecule has 0 aromatic carbocycles. The maximum atomic E-state index is 12.7. The molecule has 3 N–H and O–H groups in total. The first kappa shape index (κ1) is 16.8. The summed E-state index contributed by atoms with van der Waals surface area (Å²) in [6.07, 6.45) is 12.0. The second-order valence-electron chi connectivity index (χ2n) is 8.03. The fourth-order valence-corrected chi connectivity index (χ4v) is 4.65. The van der Waals surface area contributed by atoms with Gasteiger partial charge in [0.15, 0.2) is 0 Å². The molecule has 2 aliphatic rings. The molecule has 2 fully saturated rings. The molecule has 2 aliphatic carbocycles. The van der Waals surface area contributed by atoms with Gasteiger partial charge in [-0.05, 0) is 43.4 Å². The van der Waals surface area contributed by atoms with E-state index in [4.69, 9.17) is 5.73 Å². The lowest BCUT2D eigenvalue weighted by molar-refractivity contribution is -0.133. The molecule has 0 aromatic rings. The second-order valence-corrected chi connectivity index (χ2v) is 8.03. The highest BCUT2D eigenvalue weighted by atomic mass is 16.2. The van der Waals surface area contributed by atoms with E-state index in [1.165, 1.54) is 38.5 Å². The highest BCUT2D eigenvalue weighted by molar-refractivity contribution is 5.83. The van der Waals surface area contributed by atoms with E-state index in [2.05, 4.69) is 19.2 Å². The zero-order chi connectivity index (χ0) is 15.3. The quantitative estimate of drug-likeness (QED) is 0.786. The van der Waals surface area contributed by atoms with Gasteiger partial charge < -0.3 is 11.1 Å². The lowest BCUT2D eigenvalue weighted by Crippen LogP contribution is -2.49. The Morgan fingerprint density at radius 1 is 1.05 bits per heavy atom. The molecule has 0 spiro atoms. The van der Waals surface area contributed by atoms with Crippen molar-refractivity contribution in [3.63, 3.8) is 0 Å². The molecule has 3 heteroatoms. The Labute approximate surface area is 130 Å². The first-order valence-corrected chi connectivity index (χ1v) is 9.00. The minimum absolute atomic E-state index is 0.236. The largest absolute Gasteiger partial charge is 0.355 e. The molecule has 1 amide bonds. The number of amides is 1. The zero-order valence-electron chi connectivity index (χ0n) is 14.0. The van der Waals surface area contributed by atoms with Crippen molar-refractivity contribution in [2.24, 2.45) is 22.5 Å². The third-order valence-corrected chi connectivity index (χ3v) is 5.81. The Balaban J connectivity index is 1.94. The summed E-state index contributed by atoms with van der Waals surface area (Å²) in [6.45, 7) is 5.97. The van der Waals surface area contributed by atoms with E-state index in [1.807, 2.05) is 0 Å². The molecule has 0 atom stereocenters. The zero-order valence-corrected chi connectivity index (χ0v) is 14.0. The molecule has 21 heavy (non-hydrogen) atoms. The van der Waals surface area contributed by atoms with Gasteiger partial charge in [0, 0.05) is 13.1 Å². The molecule has 0 heterocycles. The molecule has 0 aromatic heterocycles. The number of carbonyl (C=O) groups is 1. The summed E-state index contributed by atoms with van der Waals surface area (Å²) < 4.78 is 0. The molecule has 2 rings (SSSR count). The molecule has 0 aliphatic heterocycles. The monoisotopic (exact) mass is 294 g/mol. The SMILES string of the molecule is CC(C)CC1(CNC(=O)C2(CN)CCCCC2)CCCC1. The van der Waals surface area contributed by atoms with Crippen molar-refractivity contribution in [1.29, 1.82) is 0 Å². The molecule has 0 saturated heterocycles. The molecular weight excluding hydrogens is 260 g/mol. The van der Waals surface area contributed by atoms with Crippen LogP contribution in [0.5, 0.6) is 0 Å². The Morgan fingerprint density at radius 2 is 1.62 bits per heavy atom. The summed E-state index contributed by atoms with van der Waals surface area (Å²) in [4.78, 5) is 12.7. The second kappa shape index (κ2) is 7.13. The normalized spacial score (nSPS) is 24.2. The van der Waals surface area contributed by atoms with Crippen LogP contribution in [0.3, 0.4) is 0 Å². The van der Waals surface area contributed by atoms with Crippen LogP contribution in [0, 0.1) is 16.7 Å².